The molecule has 0 radical (unpaired) electrons. The van der Waals surface area contributed by atoms with E-state index in [4.69, 9.17) is 19.3 Å². The van der Waals surface area contributed by atoms with Crippen molar-refractivity contribution in [3.8, 4) is 5.75 Å². The van der Waals surface area contributed by atoms with E-state index in [9.17, 15) is 4.57 Å². The van der Waals surface area contributed by atoms with E-state index in [0.717, 1.165) is 29.4 Å². The summed E-state index contributed by atoms with van der Waals surface area (Å²) in [5, 5.41) is 2.20. The van der Waals surface area contributed by atoms with Crippen LogP contribution in [0.1, 0.15) is 96.8 Å². The topological polar surface area (TPSA) is 85.2 Å². The van der Waals surface area contributed by atoms with Gasteiger partial charge >= 0.3 is 7.82 Å². The average Bonchev–Trinajstić information content (AvgIpc) is 2.86. The van der Waals surface area contributed by atoms with Gasteiger partial charge in [-0.25, -0.2) is 4.57 Å². The molecule has 0 saturated carbocycles. The van der Waals surface area contributed by atoms with Crippen molar-refractivity contribution in [1.82, 2.24) is 0 Å². The van der Waals surface area contributed by atoms with E-state index in [1.165, 1.54) is 77.0 Å². The van der Waals surface area contributed by atoms with Gasteiger partial charge in [0, 0.05) is 5.39 Å². The first kappa shape index (κ1) is 30.8. The second kappa shape index (κ2) is 18.8. The van der Waals surface area contributed by atoms with E-state index < -0.39 is 7.82 Å². The number of hydrogen-bond acceptors (Lipinski definition) is 4. The Balaban J connectivity index is 1.68. The van der Waals surface area contributed by atoms with Gasteiger partial charge in [0.25, 0.3) is 0 Å². The minimum Gasteiger partial charge on any atom is -0.487 e. The summed E-state index contributed by atoms with van der Waals surface area (Å²) in [7, 11) is -4.47. The molecule has 2 aromatic rings. The molecule has 0 aromatic heterocycles. The number of unbranched alkanes of at least 4 members (excludes halogenated alkanes) is 12. The molecule has 0 saturated heterocycles. The average molecular weight is 523 g/mol. The maximum Gasteiger partial charge on any atom is 0.469 e. The van der Waals surface area contributed by atoms with Gasteiger partial charge in [-0.05, 0) is 24.3 Å². The van der Waals surface area contributed by atoms with E-state index in [0.29, 0.717) is 6.61 Å². The maximum absolute atomic E-state index is 10.8. The molecule has 2 rings (SSSR count). The van der Waals surface area contributed by atoms with Gasteiger partial charge in [0.2, 0.25) is 0 Å². The van der Waals surface area contributed by atoms with Gasteiger partial charge in [-0.2, -0.15) is 0 Å². The Kier molecular flexibility index (Phi) is 16.0. The van der Waals surface area contributed by atoms with Crippen molar-refractivity contribution in [3.63, 3.8) is 0 Å². The smallest absolute Gasteiger partial charge is 0.469 e. The predicted molar refractivity (Wildman–Crippen MR) is 147 cm³/mol. The van der Waals surface area contributed by atoms with Gasteiger partial charge in [0.1, 0.15) is 11.9 Å². The van der Waals surface area contributed by atoms with Crippen LogP contribution in [0.25, 0.3) is 10.8 Å². The Hall–Kier alpha value is -1.43. The Labute approximate surface area is 218 Å². The lowest BCUT2D eigenvalue weighted by atomic mass is 10.0. The molecule has 0 aliphatic rings. The van der Waals surface area contributed by atoms with E-state index >= 15 is 0 Å². The van der Waals surface area contributed by atoms with E-state index in [1.54, 1.807) is 0 Å². The second-order valence-electron chi connectivity index (χ2n) is 9.65. The standard InChI is InChI=1S/C29H47O6P/c1-2-3-4-5-6-7-8-9-10-11-12-13-14-20-27(25-33-23-24-34-36(30,31)32)35-29-22-17-19-26-18-15-16-21-28(26)29/h15-19,21-22,27H,2-14,20,23-25H2,1H3,(H2,30,31,32). The summed E-state index contributed by atoms with van der Waals surface area (Å²) in [6.07, 6.45) is 17.8. The van der Waals surface area contributed by atoms with Crippen molar-refractivity contribution in [3.05, 3.63) is 42.5 Å². The minimum absolute atomic E-state index is 0.110. The third-order valence-electron chi connectivity index (χ3n) is 6.46. The van der Waals surface area contributed by atoms with Crippen LogP contribution in [0.2, 0.25) is 0 Å². The Morgan fingerprint density at radius 3 is 1.97 bits per heavy atom. The summed E-state index contributed by atoms with van der Waals surface area (Å²) in [5.74, 6) is 0.836. The first-order valence-corrected chi connectivity index (χ1v) is 15.4. The lowest BCUT2D eigenvalue weighted by Gasteiger charge is -2.20. The fourth-order valence-corrected chi connectivity index (χ4v) is 4.79. The number of rotatable bonds is 22. The van der Waals surface area contributed by atoms with Crippen molar-refractivity contribution in [2.24, 2.45) is 0 Å². The summed E-state index contributed by atoms with van der Waals surface area (Å²) in [6.45, 7) is 2.58. The Bertz CT molecular complexity index is 862. The van der Waals surface area contributed by atoms with Gasteiger partial charge in [0.05, 0.1) is 19.8 Å². The normalized spacial score (nSPS) is 12.8. The highest BCUT2D eigenvalue weighted by Crippen LogP contribution is 2.35. The van der Waals surface area contributed by atoms with Crippen LogP contribution in [0.4, 0.5) is 0 Å². The van der Waals surface area contributed by atoms with Crippen LogP contribution in [0.5, 0.6) is 5.75 Å². The molecule has 7 heteroatoms. The molecule has 2 N–H and O–H groups in total. The second-order valence-corrected chi connectivity index (χ2v) is 10.9. The zero-order chi connectivity index (χ0) is 25.9. The van der Waals surface area contributed by atoms with Crippen LogP contribution in [-0.2, 0) is 13.8 Å². The van der Waals surface area contributed by atoms with Crippen molar-refractivity contribution in [2.45, 2.75) is 103 Å². The highest BCUT2D eigenvalue weighted by Gasteiger charge is 2.15. The van der Waals surface area contributed by atoms with Crippen LogP contribution < -0.4 is 4.74 Å². The highest BCUT2D eigenvalue weighted by molar-refractivity contribution is 7.46. The van der Waals surface area contributed by atoms with Crippen LogP contribution in [-0.4, -0.2) is 35.7 Å². The Morgan fingerprint density at radius 2 is 1.33 bits per heavy atom. The molecule has 6 nitrogen and oxygen atoms in total. The number of phosphoric acid groups is 1. The largest absolute Gasteiger partial charge is 0.487 e. The predicted octanol–water partition coefficient (Wildman–Crippen LogP) is 8.19. The minimum atomic E-state index is -4.47. The molecule has 0 bridgehead atoms. The number of fused-ring (bicyclic) bond motifs is 1. The molecule has 0 amide bonds. The zero-order valence-corrected chi connectivity index (χ0v) is 23.0. The fourth-order valence-electron chi connectivity index (χ4n) is 4.47. The molecule has 0 heterocycles. The van der Waals surface area contributed by atoms with E-state index in [-0.39, 0.29) is 19.3 Å². The molecule has 2 aromatic carbocycles. The molecule has 204 valence electrons. The molecule has 0 spiro atoms. The van der Waals surface area contributed by atoms with Gasteiger partial charge in [0.15, 0.2) is 0 Å². The Morgan fingerprint density at radius 1 is 0.750 bits per heavy atom. The summed E-state index contributed by atoms with van der Waals surface area (Å²) < 4.78 is 27.3. The molecule has 0 aliphatic carbocycles. The van der Waals surface area contributed by atoms with Crippen molar-refractivity contribution in [1.29, 1.82) is 0 Å². The van der Waals surface area contributed by atoms with Crippen LogP contribution in [0.15, 0.2) is 42.5 Å². The molecule has 1 atom stereocenters. The van der Waals surface area contributed by atoms with E-state index in [1.807, 2.05) is 24.3 Å². The summed E-state index contributed by atoms with van der Waals surface area (Å²) in [5.41, 5.74) is 0. The molecular weight excluding hydrogens is 475 g/mol. The van der Waals surface area contributed by atoms with Gasteiger partial charge in [-0.15, -0.1) is 0 Å². The SMILES string of the molecule is CCCCCCCCCCCCCCCC(COCCOP(=O)(O)O)Oc1cccc2ccccc12. The molecular formula is C29H47O6P. The van der Waals surface area contributed by atoms with Crippen molar-refractivity contribution < 1.29 is 28.3 Å². The lowest BCUT2D eigenvalue weighted by molar-refractivity contribution is 0.0277. The lowest BCUT2D eigenvalue weighted by Crippen LogP contribution is -2.24. The zero-order valence-electron chi connectivity index (χ0n) is 22.1. The summed E-state index contributed by atoms with van der Waals surface area (Å²) in [6, 6.07) is 14.2. The monoisotopic (exact) mass is 522 g/mol. The van der Waals surface area contributed by atoms with Gasteiger partial charge < -0.3 is 19.3 Å². The summed E-state index contributed by atoms with van der Waals surface area (Å²) >= 11 is 0. The van der Waals surface area contributed by atoms with Crippen LogP contribution >= 0.6 is 7.82 Å². The molecule has 0 aliphatic heterocycles. The van der Waals surface area contributed by atoms with E-state index in [2.05, 4.69) is 29.6 Å². The summed E-state index contributed by atoms with van der Waals surface area (Å²) in [4.78, 5) is 17.6. The fraction of sp³-hybridized carbons (Fsp3) is 0.655. The number of ether oxygens (including phenoxy) is 2. The number of hydrogen-bond donors (Lipinski definition) is 2. The molecule has 1 unspecified atom stereocenters. The van der Waals surface area contributed by atoms with Gasteiger partial charge in [-0.1, -0.05) is 120 Å². The van der Waals surface area contributed by atoms with Crippen molar-refractivity contribution >= 4 is 18.6 Å². The van der Waals surface area contributed by atoms with Crippen molar-refractivity contribution in [2.75, 3.05) is 19.8 Å². The first-order chi connectivity index (χ1) is 17.5. The quantitative estimate of drug-likeness (QED) is 0.120. The molecule has 36 heavy (non-hydrogen) atoms. The molecule has 0 fully saturated rings. The van der Waals surface area contributed by atoms with Gasteiger partial charge in [-0.3, -0.25) is 4.52 Å². The van der Waals surface area contributed by atoms with Crippen LogP contribution in [0, 0.1) is 0 Å². The first-order valence-electron chi connectivity index (χ1n) is 13.9. The highest BCUT2D eigenvalue weighted by atomic mass is 31.2. The third kappa shape index (κ3) is 14.3. The third-order valence-corrected chi connectivity index (χ3v) is 6.98. The number of phosphoric ester groups is 1. The maximum atomic E-state index is 10.8. The van der Waals surface area contributed by atoms with Crippen LogP contribution in [0.3, 0.4) is 0 Å². The number of benzene rings is 2.